The number of carbonyl (C=O) groups is 1. The molecule has 0 N–H and O–H groups in total. The molecule has 0 unspecified atom stereocenters. The SMILES string of the molecule is CCN(Cc1ccc(Cl)s1)Cn1cnc(C(=O)OC)n1. The number of ether oxygens (including phenoxy) is 1. The molecule has 0 atom stereocenters. The quantitative estimate of drug-likeness (QED) is 0.765. The fourth-order valence-electron chi connectivity index (χ4n) is 1.67. The molecule has 2 aromatic rings. The Hall–Kier alpha value is -1.44. The molecule has 0 radical (unpaired) electrons. The summed E-state index contributed by atoms with van der Waals surface area (Å²) in [5, 5.41) is 4.08. The zero-order chi connectivity index (χ0) is 14.5. The van der Waals surface area contributed by atoms with Gasteiger partial charge in [0.15, 0.2) is 0 Å². The van der Waals surface area contributed by atoms with Crippen molar-refractivity contribution in [1.29, 1.82) is 0 Å². The minimum atomic E-state index is -0.531. The third-order valence-electron chi connectivity index (χ3n) is 2.70. The molecule has 2 aromatic heterocycles. The second kappa shape index (κ2) is 6.83. The van der Waals surface area contributed by atoms with Crippen molar-refractivity contribution >= 4 is 28.9 Å². The van der Waals surface area contributed by atoms with Gasteiger partial charge in [-0.1, -0.05) is 18.5 Å². The summed E-state index contributed by atoms with van der Waals surface area (Å²) in [6.07, 6.45) is 1.52. The van der Waals surface area contributed by atoms with Crippen LogP contribution in [0.1, 0.15) is 22.4 Å². The van der Waals surface area contributed by atoms with Gasteiger partial charge < -0.3 is 4.74 Å². The van der Waals surface area contributed by atoms with E-state index in [9.17, 15) is 4.79 Å². The molecule has 2 heterocycles. The van der Waals surface area contributed by atoms with Crippen molar-refractivity contribution in [3.63, 3.8) is 0 Å². The highest BCUT2D eigenvalue weighted by atomic mass is 35.5. The fourth-order valence-corrected chi connectivity index (χ4v) is 2.80. The second-order valence-electron chi connectivity index (χ2n) is 4.09. The summed E-state index contributed by atoms with van der Waals surface area (Å²) in [7, 11) is 1.31. The van der Waals surface area contributed by atoms with E-state index in [4.69, 9.17) is 11.6 Å². The van der Waals surface area contributed by atoms with Gasteiger partial charge in [0.2, 0.25) is 0 Å². The number of thiophene rings is 1. The lowest BCUT2D eigenvalue weighted by molar-refractivity contribution is 0.0585. The number of methoxy groups -OCH3 is 1. The predicted octanol–water partition coefficient (Wildman–Crippen LogP) is 2.26. The number of hydrogen-bond donors (Lipinski definition) is 0. The van der Waals surface area contributed by atoms with Crippen LogP contribution in [0.15, 0.2) is 18.5 Å². The molecule has 20 heavy (non-hydrogen) atoms. The highest BCUT2D eigenvalue weighted by Crippen LogP contribution is 2.22. The van der Waals surface area contributed by atoms with Gasteiger partial charge in [0.25, 0.3) is 5.82 Å². The van der Waals surface area contributed by atoms with E-state index in [2.05, 4.69) is 26.6 Å². The van der Waals surface area contributed by atoms with E-state index in [0.29, 0.717) is 6.67 Å². The van der Waals surface area contributed by atoms with Gasteiger partial charge in [-0.05, 0) is 18.7 Å². The standard InChI is InChI=1S/C12H15ClN4O2S/c1-3-16(6-9-4-5-10(13)20-9)8-17-7-14-11(15-17)12(18)19-2/h4-5,7H,3,6,8H2,1-2H3. The monoisotopic (exact) mass is 314 g/mol. The first-order valence-electron chi connectivity index (χ1n) is 6.06. The molecule has 0 saturated carbocycles. The van der Waals surface area contributed by atoms with Crippen molar-refractivity contribution in [2.75, 3.05) is 13.7 Å². The van der Waals surface area contributed by atoms with Crippen molar-refractivity contribution in [2.24, 2.45) is 0 Å². The summed E-state index contributed by atoms with van der Waals surface area (Å²) in [6, 6.07) is 3.90. The van der Waals surface area contributed by atoms with E-state index < -0.39 is 5.97 Å². The number of hydrogen-bond acceptors (Lipinski definition) is 6. The average molecular weight is 315 g/mol. The third-order valence-corrected chi connectivity index (χ3v) is 3.92. The van der Waals surface area contributed by atoms with Crippen LogP contribution in [0.5, 0.6) is 0 Å². The summed E-state index contributed by atoms with van der Waals surface area (Å²) >= 11 is 7.48. The Labute approximate surface area is 125 Å². The van der Waals surface area contributed by atoms with E-state index in [1.54, 1.807) is 16.0 Å². The zero-order valence-electron chi connectivity index (χ0n) is 11.2. The van der Waals surface area contributed by atoms with Crippen molar-refractivity contribution < 1.29 is 9.53 Å². The van der Waals surface area contributed by atoms with Gasteiger partial charge in [-0.3, -0.25) is 4.90 Å². The van der Waals surface area contributed by atoms with Crippen LogP contribution in [-0.2, 0) is 18.0 Å². The van der Waals surface area contributed by atoms with Crippen LogP contribution in [0.2, 0.25) is 4.34 Å². The molecular formula is C12H15ClN4O2S. The van der Waals surface area contributed by atoms with E-state index in [-0.39, 0.29) is 5.82 Å². The highest BCUT2D eigenvalue weighted by molar-refractivity contribution is 7.16. The molecule has 0 aliphatic carbocycles. The van der Waals surface area contributed by atoms with E-state index in [1.807, 2.05) is 12.1 Å². The fraction of sp³-hybridized carbons (Fsp3) is 0.417. The van der Waals surface area contributed by atoms with Crippen LogP contribution in [-0.4, -0.2) is 39.3 Å². The van der Waals surface area contributed by atoms with Gasteiger partial charge in [0.05, 0.1) is 18.1 Å². The molecule has 0 aliphatic rings. The largest absolute Gasteiger partial charge is 0.463 e. The first kappa shape index (κ1) is 15.0. The molecule has 0 aromatic carbocycles. The lowest BCUT2D eigenvalue weighted by Gasteiger charge is -2.18. The van der Waals surface area contributed by atoms with Crippen molar-refractivity contribution in [3.8, 4) is 0 Å². The lowest BCUT2D eigenvalue weighted by atomic mass is 10.4. The first-order chi connectivity index (χ1) is 9.62. The van der Waals surface area contributed by atoms with E-state index in [0.717, 1.165) is 17.4 Å². The van der Waals surface area contributed by atoms with Crippen LogP contribution in [0.25, 0.3) is 0 Å². The van der Waals surface area contributed by atoms with Crippen LogP contribution in [0, 0.1) is 0 Å². The van der Waals surface area contributed by atoms with Gasteiger partial charge in [-0.25, -0.2) is 14.5 Å². The smallest absolute Gasteiger partial charge is 0.377 e. The minimum absolute atomic E-state index is 0.0720. The van der Waals surface area contributed by atoms with Crippen molar-refractivity contribution in [3.05, 3.63) is 33.5 Å². The van der Waals surface area contributed by atoms with Crippen molar-refractivity contribution in [1.82, 2.24) is 19.7 Å². The number of esters is 1. The Balaban J connectivity index is 1.99. The molecule has 8 heteroatoms. The Morgan fingerprint density at radius 2 is 2.35 bits per heavy atom. The maximum atomic E-state index is 11.3. The topological polar surface area (TPSA) is 60.2 Å². The number of rotatable bonds is 6. The number of nitrogens with zero attached hydrogens (tertiary/aromatic N) is 4. The summed E-state index contributed by atoms with van der Waals surface area (Å²) < 4.78 is 6.97. The molecular weight excluding hydrogens is 300 g/mol. The summed E-state index contributed by atoms with van der Waals surface area (Å²) in [6.45, 7) is 4.24. The Kier molecular flexibility index (Phi) is 5.11. The number of aromatic nitrogens is 3. The molecule has 0 spiro atoms. The molecule has 2 rings (SSSR count). The maximum Gasteiger partial charge on any atom is 0.377 e. The van der Waals surface area contributed by atoms with Crippen molar-refractivity contribution in [2.45, 2.75) is 20.1 Å². The van der Waals surface area contributed by atoms with Gasteiger partial charge >= 0.3 is 5.97 Å². The molecule has 0 fully saturated rings. The van der Waals surface area contributed by atoms with Gasteiger partial charge in [-0.2, -0.15) is 0 Å². The Bertz CT molecular complexity index is 584. The number of halogens is 1. The van der Waals surface area contributed by atoms with Gasteiger partial charge in [0, 0.05) is 11.4 Å². The number of carbonyl (C=O) groups excluding carboxylic acids is 1. The minimum Gasteiger partial charge on any atom is -0.463 e. The molecule has 6 nitrogen and oxygen atoms in total. The Morgan fingerprint density at radius 3 is 2.95 bits per heavy atom. The predicted molar refractivity (Wildman–Crippen MR) is 76.8 cm³/mol. The molecule has 0 amide bonds. The lowest BCUT2D eigenvalue weighted by Crippen LogP contribution is -2.26. The van der Waals surface area contributed by atoms with Crippen LogP contribution in [0.4, 0.5) is 0 Å². The molecule has 0 bridgehead atoms. The maximum absolute atomic E-state index is 11.3. The Morgan fingerprint density at radius 1 is 1.55 bits per heavy atom. The zero-order valence-corrected chi connectivity index (χ0v) is 12.8. The first-order valence-corrected chi connectivity index (χ1v) is 7.26. The molecule has 0 saturated heterocycles. The third kappa shape index (κ3) is 3.78. The summed E-state index contributed by atoms with van der Waals surface area (Å²) in [4.78, 5) is 18.6. The van der Waals surface area contributed by atoms with E-state index in [1.165, 1.54) is 18.3 Å². The van der Waals surface area contributed by atoms with E-state index >= 15 is 0 Å². The highest BCUT2D eigenvalue weighted by Gasteiger charge is 2.13. The van der Waals surface area contributed by atoms with Crippen LogP contribution >= 0.6 is 22.9 Å². The van der Waals surface area contributed by atoms with Crippen LogP contribution < -0.4 is 0 Å². The summed E-state index contributed by atoms with van der Waals surface area (Å²) in [5.74, 6) is -0.459. The van der Waals surface area contributed by atoms with Gasteiger partial charge in [-0.15, -0.1) is 16.4 Å². The molecule has 0 aliphatic heterocycles. The summed E-state index contributed by atoms with van der Waals surface area (Å²) in [5.41, 5.74) is 0. The normalized spacial score (nSPS) is 11.0. The van der Waals surface area contributed by atoms with Gasteiger partial charge in [0.1, 0.15) is 6.33 Å². The second-order valence-corrected chi connectivity index (χ2v) is 5.89. The van der Waals surface area contributed by atoms with Crippen LogP contribution in [0.3, 0.4) is 0 Å². The average Bonchev–Trinajstić information content (AvgIpc) is 3.06. The molecule has 108 valence electrons.